The second-order valence-corrected chi connectivity index (χ2v) is 12.9. The zero-order valence-corrected chi connectivity index (χ0v) is 25.5. The highest BCUT2D eigenvalue weighted by Crippen LogP contribution is 2.34. The number of hydrogen-bond acceptors (Lipinski definition) is 5. The number of carbonyl (C=O) groups excluding carboxylic acids is 2. The molecule has 0 radical (unpaired) electrons. The Labute approximate surface area is 258 Å². The van der Waals surface area contributed by atoms with Crippen molar-refractivity contribution in [2.45, 2.75) is 24.1 Å². The Bertz CT molecular complexity index is 1670. The molecular formula is C31H27BrClN3O5S. The van der Waals surface area contributed by atoms with Crippen LogP contribution in [0.3, 0.4) is 0 Å². The van der Waals surface area contributed by atoms with Gasteiger partial charge in [0.25, 0.3) is 5.91 Å². The van der Waals surface area contributed by atoms with Crippen molar-refractivity contribution in [3.05, 3.63) is 124 Å². The Morgan fingerprint density at radius 2 is 1.57 bits per heavy atom. The third-order valence-corrected chi connectivity index (χ3v) is 9.30. The second-order valence-electron chi connectivity index (χ2n) is 9.64. The van der Waals surface area contributed by atoms with Crippen molar-refractivity contribution < 1.29 is 22.7 Å². The van der Waals surface area contributed by atoms with Crippen LogP contribution in [-0.2, 0) is 32.7 Å². The smallest absolute Gasteiger partial charge is 0.263 e. The van der Waals surface area contributed by atoms with E-state index in [1.807, 2.05) is 30.3 Å². The van der Waals surface area contributed by atoms with E-state index >= 15 is 0 Å². The summed E-state index contributed by atoms with van der Waals surface area (Å²) in [5.74, 6) is -0.523. The Hall–Kier alpha value is -3.70. The number of para-hydroxylation sites is 2. The fourth-order valence-corrected chi connectivity index (χ4v) is 6.29. The van der Waals surface area contributed by atoms with Gasteiger partial charge in [0.05, 0.1) is 23.7 Å². The summed E-state index contributed by atoms with van der Waals surface area (Å²) in [5.41, 5.74) is 2.04. The van der Waals surface area contributed by atoms with Crippen molar-refractivity contribution in [3.8, 4) is 5.75 Å². The molecule has 4 aromatic rings. The van der Waals surface area contributed by atoms with Gasteiger partial charge in [-0.15, -0.1) is 0 Å². The maximum Gasteiger partial charge on any atom is 0.263 e. The molecule has 0 bridgehead atoms. The van der Waals surface area contributed by atoms with Crippen molar-refractivity contribution >= 4 is 55.1 Å². The van der Waals surface area contributed by atoms with Crippen LogP contribution in [0.2, 0.25) is 5.02 Å². The standard InChI is InChI=1S/C31H27BrClN3O5S/c32-24-12-16-26(17-13-24)42(39,40)35(19-23-10-14-25(33)15-11-23)21-30(37)36-20-29(41-28-9-5-4-8-27(28)36)31(38)34-18-22-6-2-1-3-7-22/h1-17,29H,18-21H2,(H,34,38)/t29-/m0/s1. The third kappa shape index (κ3) is 7.01. The highest BCUT2D eigenvalue weighted by Gasteiger charge is 2.36. The van der Waals surface area contributed by atoms with E-state index in [1.54, 1.807) is 60.7 Å². The summed E-state index contributed by atoms with van der Waals surface area (Å²) in [5, 5.41) is 3.38. The first-order chi connectivity index (χ1) is 20.2. The third-order valence-electron chi connectivity index (χ3n) is 6.71. The predicted octanol–water partition coefficient (Wildman–Crippen LogP) is 5.40. The molecule has 5 rings (SSSR count). The zero-order valence-electron chi connectivity index (χ0n) is 22.3. The van der Waals surface area contributed by atoms with Gasteiger partial charge in [0.2, 0.25) is 15.9 Å². The van der Waals surface area contributed by atoms with Gasteiger partial charge < -0.3 is 15.0 Å². The number of hydrogen-bond donors (Lipinski definition) is 1. The van der Waals surface area contributed by atoms with E-state index in [1.165, 1.54) is 17.0 Å². The van der Waals surface area contributed by atoms with E-state index in [4.69, 9.17) is 16.3 Å². The minimum atomic E-state index is -4.08. The molecule has 0 unspecified atom stereocenters. The van der Waals surface area contributed by atoms with E-state index in [0.29, 0.717) is 28.6 Å². The van der Waals surface area contributed by atoms with Crippen LogP contribution in [0.5, 0.6) is 5.75 Å². The molecule has 1 heterocycles. The Morgan fingerprint density at radius 1 is 0.905 bits per heavy atom. The van der Waals surface area contributed by atoms with Gasteiger partial charge in [-0.05, 0) is 59.7 Å². The molecule has 0 aromatic heterocycles. The first kappa shape index (κ1) is 29.8. The monoisotopic (exact) mass is 667 g/mol. The van der Waals surface area contributed by atoms with Gasteiger partial charge in [-0.25, -0.2) is 8.42 Å². The lowest BCUT2D eigenvalue weighted by Gasteiger charge is -2.35. The summed E-state index contributed by atoms with van der Waals surface area (Å²) in [6.45, 7) is -0.305. The molecule has 0 saturated heterocycles. The van der Waals surface area contributed by atoms with Crippen LogP contribution in [0.25, 0.3) is 0 Å². The number of nitrogens with zero attached hydrogens (tertiary/aromatic N) is 2. The topological polar surface area (TPSA) is 96.0 Å². The average molecular weight is 669 g/mol. The van der Waals surface area contributed by atoms with Gasteiger partial charge in [0.15, 0.2) is 6.10 Å². The highest BCUT2D eigenvalue weighted by molar-refractivity contribution is 9.10. The molecule has 8 nitrogen and oxygen atoms in total. The normalized spacial score (nSPS) is 14.6. The predicted molar refractivity (Wildman–Crippen MR) is 165 cm³/mol. The Kier molecular flexibility index (Phi) is 9.27. The molecular weight excluding hydrogens is 642 g/mol. The molecule has 2 amide bonds. The number of amides is 2. The van der Waals surface area contributed by atoms with Gasteiger partial charge in [0, 0.05) is 22.6 Å². The van der Waals surface area contributed by atoms with Gasteiger partial charge in [-0.1, -0.05) is 82.1 Å². The molecule has 4 aromatic carbocycles. The first-order valence-electron chi connectivity index (χ1n) is 13.1. The van der Waals surface area contributed by atoms with Crippen LogP contribution >= 0.6 is 27.5 Å². The van der Waals surface area contributed by atoms with Gasteiger partial charge >= 0.3 is 0 Å². The minimum Gasteiger partial charge on any atom is -0.477 e. The largest absolute Gasteiger partial charge is 0.477 e. The minimum absolute atomic E-state index is 0.0491. The fourth-order valence-electron chi connectivity index (χ4n) is 4.52. The summed E-state index contributed by atoms with van der Waals surface area (Å²) in [6.07, 6.45) is -0.986. The summed E-state index contributed by atoms with van der Waals surface area (Å²) < 4.78 is 35.4. The molecule has 11 heteroatoms. The molecule has 216 valence electrons. The molecule has 0 aliphatic carbocycles. The Morgan fingerprint density at radius 3 is 2.29 bits per heavy atom. The van der Waals surface area contributed by atoms with Gasteiger partial charge in [-0.3, -0.25) is 9.59 Å². The van der Waals surface area contributed by atoms with E-state index in [9.17, 15) is 18.0 Å². The lowest BCUT2D eigenvalue weighted by atomic mass is 10.1. The van der Waals surface area contributed by atoms with Crippen LogP contribution in [0.15, 0.2) is 112 Å². The number of anilines is 1. The van der Waals surface area contributed by atoms with Crippen molar-refractivity contribution in [1.29, 1.82) is 0 Å². The molecule has 1 aliphatic rings. The number of benzene rings is 4. The number of carbonyl (C=O) groups is 2. The SMILES string of the molecule is O=C(NCc1ccccc1)[C@@H]1CN(C(=O)CN(Cc2ccc(Cl)cc2)S(=O)(=O)c2ccc(Br)cc2)c2ccccc2O1. The van der Waals surface area contributed by atoms with Crippen molar-refractivity contribution in [1.82, 2.24) is 9.62 Å². The molecule has 1 N–H and O–H groups in total. The molecule has 1 atom stereocenters. The molecule has 0 saturated carbocycles. The highest BCUT2D eigenvalue weighted by atomic mass is 79.9. The first-order valence-corrected chi connectivity index (χ1v) is 15.7. The van der Waals surface area contributed by atoms with Crippen molar-refractivity contribution in [3.63, 3.8) is 0 Å². The van der Waals surface area contributed by atoms with Gasteiger partial charge in [-0.2, -0.15) is 4.31 Å². The van der Waals surface area contributed by atoms with E-state index in [0.717, 1.165) is 14.3 Å². The maximum absolute atomic E-state index is 13.9. The summed E-state index contributed by atoms with van der Waals surface area (Å²) >= 11 is 9.37. The molecule has 0 fully saturated rings. The maximum atomic E-state index is 13.9. The lowest BCUT2D eigenvalue weighted by Crippen LogP contribution is -2.52. The van der Waals surface area contributed by atoms with E-state index < -0.39 is 28.6 Å². The lowest BCUT2D eigenvalue weighted by molar-refractivity contribution is -0.128. The van der Waals surface area contributed by atoms with Crippen molar-refractivity contribution in [2.24, 2.45) is 0 Å². The average Bonchev–Trinajstić information content (AvgIpc) is 3.00. The number of ether oxygens (including phenoxy) is 1. The fraction of sp³-hybridized carbons (Fsp3) is 0.161. The van der Waals surface area contributed by atoms with Crippen LogP contribution < -0.4 is 15.0 Å². The summed E-state index contributed by atoms with van der Waals surface area (Å²) in [6, 6.07) is 29.3. The quantitative estimate of drug-likeness (QED) is 0.258. The van der Waals surface area contributed by atoms with Crippen LogP contribution in [0, 0.1) is 0 Å². The number of sulfonamides is 1. The summed E-state index contributed by atoms with van der Waals surface area (Å²) in [4.78, 5) is 28.5. The Balaban J connectivity index is 1.40. The van der Waals surface area contributed by atoms with Crippen molar-refractivity contribution in [2.75, 3.05) is 18.0 Å². The van der Waals surface area contributed by atoms with Crippen LogP contribution in [0.4, 0.5) is 5.69 Å². The van der Waals surface area contributed by atoms with Crippen LogP contribution in [0.1, 0.15) is 11.1 Å². The van der Waals surface area contributed by atoms with Crippen LogP contribution in [-0.4, -0.2) is 43.7 Å². The number of nitrogens with one attached hydrogen (secondary N) is 1. The number of rotatable bonds is 9. The summed E-state index contributed by atoms with van der Waals surface area (Å²) in [7, 11) is -4.08. The molecule has 42 heavy (non-hydrogen) atoms. The molecule has 0 spiro atoms. The van der Waals surface area contributed by atoms with E-state index in [2.05, 4.69) is 21.2 Å². The molecule has 1 aliphatic heterocycles. The van der Waals surface area contributed by atoms with Gasteiger partial charge in [0.1, 0.15) is 5.75 Å². The number of halogens is 2. The zero-order chi connectivity index (χ0) is 29.7. The number of fused-ring (bicyclic) bond motifs is 1. The second kappa shape index (κ2) is 13.1. The van der Waals surface area contributed by atoms with E-state index in [-0.39, 0.29) is 23.9 Å².